The van der Waals surface area contributed by atoms with Crippen LogP contribution in [0.25, 0.3) is 0 Å². The predicted octanol–water partition coefficient (Wildman–Crippen LogP) is 1.62. The molecule has 0 radical (unpaired) electrons. The minimum Gasteiger partial charge on any atom is -0.307 e. The number of rotatable bonds is 10. The molecule has 0 aromatic carbocycles. The maximum atomic E-state index is 12.5. The maximum Gasteiger partial charge on any atom is 0.226 e. The fourth-order valence-electron chi connectivity index (χ4n) is 2.48. The molecule has 26 heavy (non-hydrogen) atoms. The number of amides is 3. The van der Waals surface area contributed by atoms with Gasteiger partial charge in [0.2, 0.25) is 17.7 Å². The number of hydrogen-bond acceptors (Lipinski definition) is 6. The summed E-state index contributed by atoms with van der Waals surface area (Å²) in [6, 6.07) is 0. The molecule has 7 nitrogen and oxygen atoms in total. The van der Waals surface area contributed by atoms with Crippen LogP contribution in [0.2, 0.25) is 0 Å². The van der Waals surface area contributed by atoms with Crippen LogP contribution in [0.15, 0.2) is 0 Å². The highest BCUT2D eigenvalue weighted by molar-refractivity contribution is 7.99. The van der Waals surface area contributed by atoms with Gasteiger partial charge < -0.3 is 14.7 Å². The minimum atomic E-state index is -0.0993. The van der Waals surface area contributed by atoms with Crippen molar-refractivity contribution in [1.29, 1.82) is 0 Å². The van der Waals surface area contributed by atoms with Crippen LogP contribution in [-0.2, 0) is 19.2 Å². The molecule has 0 aromatic rings. The average Bonchev–Trinajstić information content (AvgIpc) is 2.62. The number of Topliss-reactive ketones (excluding diaryl/α,β-unsaturated/α-hetero) is 1. The number of carbonyl (C=O) groups excluding carboxylic acids is 4. The normalized spacial score (nSPS) is 14.5. The highest BCUT2D eigenvalue weighted by Crippen LogP contribution is 2.14. The maximum absolute atomic E-state index is 12.5. The van der Waals surface area contributed by atoms with Gasteiger partial charge in [-0.1, -0.05) is 6.92 Å². The van der Waals surface area contributed by atoms with E-state index < -0.39 is 0 Å². The Balaban J connectivity index is 2.68. The molecule has 1 aliphatic heterocycles. The van der Waals surface area contributed by atoms with Crippen molar-refractivity contribution in [3.8, 4) is 0 Å². The Morgan fingerprint density at radius 1 is 0.808 bits per heavy atom. The van der Waals surface area contributed by atoms with Crippen molar-refractivity contribution in [2.24, 2.45) is 0 Å². The Labute approximate surface area is 164 Å². The van der Waals surface area contributed by atoms with E-state index in [9.17, 15) is 19.2 Å². The van der Waals surface area contributed by atoms with Gasteiger partial charge in [0.05, 0.1) is 25.8 Å². The number of nitrogens with zero attached hydrogens (tertiary/aromatic N) is 3. The van der Waals surface area contributed by atoms with Gasteiger partial charge in [0.25, 0.3) is 0 Å². The van der Waals surface area contributed by atoms with Crippen LogP contribution in [0.4, 0.5) is 0 Å². The summed E-state index contributed by atoms with van der Waals surface area (Å²) < 4.78 is 0. The second-order valence-corrected chi connectivity index (χ2v) is 8.31. The average molecular weight is 404 g/mol. The van der Waals surface area contributed by atoms with Crippen LogP contribution >= 0.6 is 23.5 Å². The van der Waals surface area contributed by atoms with E-state index in [1.54, 1.807) is 26.5 Å². The van der Waals surface area contributed by atoms with E-state index in [1.165, 1.54) is 18.7 Å². The molecule has 1 saturated heterocycles. The van der Waals surface area contributed by atoms with Crippen LogP contribution in [0.5, 0.6) is 0 Å². The molecule has 9 heteroatoms. The highest BCUT2D eigenvalue weighted by atomic mass is 32.2. The fraction of sp³-hybridized carbons (Fsp3) is 0.765. The summed E-state index contributed by atoms with van der Waals surface area (Å²) in [7, 11) is 0. The summed E-state index contributed by atoms with van der Waals surface area (Å²) in [4.78, 5) is 52.8. The van der Waals surface area contributed by atoms with Crippen LogP contribution in [0.3, 0.4) is 0 Å². The second kappa shape index (κ2) is 12.2. The smallest absolute Gasteiger partial charge is 0.226 e. The van der Waals surface area contributed by atoms with E-state index in [-0.39, 0.29) is 43.5 Å². The molecule has 0 aromatic heterocycles. The van der Waals surface area contributed by atoms with E-state index in [4.69, 9.17) is 0 Å². The molecule has 0 aliphatic carbocycles. The van der Waals surface area contributed by atoms with Crippen molar-refractivity contribution >= 4 is 47.0 Å². The molecule has 1 aliphatic rings. The van der Waals surface area contributed by atoms with E-state index in [0.717, 1.165) is 6.42 Å². The summed E-state index contributed by atoms with van der Waals surface area (Å²) in [5.41, 5.74) is 0. The van der Waals surface area contributed by atoms with Crippen molar-refractivity contribution < 1.29 is 19.2 Å². The third-order valence-corrected chi connectivity index (χ3v) is 5.55. The molecular formula is C17H29N3O4S2. The number of carbonyl (C=O) groups is 4. The molecular weight excluding hydrogens is 374 g/mol. The summed E-state index contributed by atoms with van der Waals surface area (Å²) >= 11 is 3.02. The molecule has 1 rings (SSSR count). The molecule has 0 spiro atoms. The zero-order valence-electron chi connectivity index (χ0n) is 15.9. The van der Waals surface area contributed by atoms with Gasteiger partial charge in [-0.3, -0.25) is 19.2 Å². The van der Waals surface area contributed by atoms with Crippen molar-refractivity contribution in [1.82, 2.24) is 14.7 Å². The van der Waals surface area contributed by atoms with Crippen molar-refractivity contribution in [3.63, 3.8) is 0 Å². The third kappa shape index (κ3) is 7.99. The first kappa shape index (κ1) is 22.8. The predicted molar refractivity (Wildman–Crippen MR) is 106 cm³/mol. The first-order chi connectivity index (χ1) is 12.4. The highest BCUT2D eigenvalue weighted by Gasteiger charge is 2.31. The number of hydrogen-bond donors (Lipinski definition) is 0. The lowest BCUT2D eigenvalue weighted by atomic mass is 10.3. The Morgan fingerprint density at radius 2 is 1.27 bits per heavy atom. The summed E-state index contributed by atoms with van der Waals surface area (Å²) in [6.45, 7) is 4.14. The Kier molecular flexibility index (Phi) is 10.7. The topological polar surface area (TPSA) is 78.0 Å². The summed E-state index contributed by atoms with van der Waals surface area (Å²) in [6.07, 6.45) is 3.76. The molecule has 1 fully saturated rings. The van der Waals surface area contributed by atoms with Crippen LogP contribution in [-0.4, -0.2) is 81.7 Å². The lowest BCUT2D eigenvalue weighted by Gasteiger charge is -2.42. The number of ketones is 1. The zero-order chi connectivity index (χ0) is 19.5. The van der Waals surface area contributed by atoms with Crippen molar-refractivity contribution in [2.45, 2.75) is 39.5 Å². The quantitative estimate of drug-likeness (QED) is 0.516. The largest absolute Gasteiger partial charge is 0.307 e. The Morgan fingerprint density at radius 3 is 1.69 bits per heavy atom. The molecule has 0 unspecified atom stereocenters. The zero-order valence-corrected chi connectivity index (χ0v) is 17.5. The van der Waals surface area contributed by atoms with E-state index >= 15 is 0 Å². The van der Waals surface area contributed by atoms with Crippen molar-refractivity contribution in [2.75, 3.05) is 43.5 Å². The van der Waals surface area contributed by atoms with Gasteiger partial charge in [0.1, 0.15) is 5.78 Å². The molecule has 0 atom stereocenters. The molecule has 0 saturated carbocycles. The van der Waals surface area contributed by atoms with Crippen LogP contribution in [0.1, 0.15) is 39.5 Å². The number of thioether (sulfide) groups is 2. The lowest BCUT2D eigenvalue weighted by Crippen LogP contribution is -2.59. The standard InChI is InChI=1S/C17H29N3O4S2/c1-4-5-15(22)18-11-19(16(23)6-8-25-3)13-20(12-18)17(24)7-9-26-10-14(2)21/h4-13H2,1-3H3. The van der Waals surface area contributed by atoms with Gasteiger partial charge in [-0.2, -0.15) is 23.5 Å². The van der Waals surface area contributed by atoms with Gasteiger partial charge in [0.15, 0.2) is 0 Å². The Bertz CT molecular complexity index is 516. The van der Waals surface area contributed by atoms with Gasteiger partial charge in [-0.15, -0.1) is 0 Å². The van der Waals surface area contributed by atoms with Crippen molar-refractivity contribution in [3.05, 3.63) is 0 Å². The first-order valence-electron chi connectivity index (χ1n) is 8.78. The van der Waals surface area contributed by atoms with Gasteiger partial charge in [0, 0.05) is 30.8 Å². The molecule has 1 heterocycles. The third-order valence-electron chi connectivity index (χ3n) is 3.83. The molecule has 0 N–H and O–H groups in total. The molecule has 3 amide bonds. The van der Waals surface area contributed by atoms with Gasteiger partial charge >= 0.3 is 0 Å². The lowest BCUT2D eigenvalue weighted by molar-refractivity contribution is -0.158. The second-order valence-electron chi connectivity index (χ2n) is 6.22. The van der Waals surface area contributed by atoms with Gasteiger partial charge in [-0.25, -0.2) is 0 Å². The fourth-order valence-corrected chi connectivity index (χ4v) is 3.61. The Hall–Kier alpha value is -1.22. The molecule has 148 valence electrons. The van der Waals surface area contributed by atoms with E-state index in [1.807, 2.05) is 13.2 Å². The monoisotopic (exact) mass is 403 g/mol. The van der Waals surface area contributed by atoms with Gasteiger partial charge in [-0.05, 0) is 19.6 Å². The van der Waals surface area contributed by atoms with Crippen LogP contribution in [0, 0.1) is 0 Å². The first-order valence-corrected chi connectivity index (χ1v) is 11.3. The summed E-state index contributed by atoms with van der Waals surface area (Å²) in [5, 5.41) is 0. The molecule has 0 bridgehead atoms. The summed E-state index contributed by atoms with van der Waals surface area (Å²) in [5.74, 6) is 1.57. The van der Waals surface area contributed by atoms with E-state index in [2.05, 4.69) is 0 Å². The SMILES string of the molecule is CCCC(=O)N1CN(C(=O)CCSC)CN(C(=O)CCSCC(C)=O)C1. The van der Waals surface area contributed by atoms with Crippen LogP contribution < -0.4 is 0 Å². The minimum absolute atomic E-state index is 0.0429. The van der Waals surface area contributed by atoms with E-state index in [0.29, 0.717) is 36.5 Å².